The summed E-state index contributed by atoms with van der Waals surface area (Å²) in [5.41, 5.74) is 5.99. The van der Waals surface area contributed by atoms with E-state index in [1.807, 2.05) is 0 Å². The summed E-state index contributed by atoms with van der Waals surface area (Å²) in [6.45, 7) is 0.848. The van der Waals surface area contributed by atoms with Gasteiger partial charge in [0.25, 0.3) is 0 Å². The second kappa shape index (κ2) is 6.46. The normalized spacial score (nSPS) is 23.7. The van der Waals surface area contributed by atoms with Gasteiger partial charge < -0.3 is 10.5 Å². The lowest BCUT2D eigenvalue weighted by atomic mass is 9.96. The third kappa shape index (κ3) is 2.85. The van der Waals surface area contributed by atoms with Gasteiger partial charge in [-0.25, -0.2) is 8.42 Å². The molecule has 132 valence electrons. The molecule has 3 rings (SSSR count). The molecule has 1 unspecified atom stereocenters. The van der Waals surface area contributed by atoms with Crippen molar-refractivity contribution in [2.75, 3.05) is 20.2 Å². The molecule has 2 fully saturated rings. The van der Waals surface area contributed by atoms with Crippen LogP contribution >= 0.6 is 0 Å². The van der Waals surface area contributed by atoms with Gasteiger partial charge in [0, 0.05) is 19.1 Å². The average molecular weight is 352 g/mol. The maximum Gasteiger partial charge on any atom is 0.316 e. The predicted octanol–water partition coefficient (Wildman–Crippen LogP) is 1.39. The smallest absolute Gasteiger partial charge is 0.316 e. The number of sulfonamides is 1. The Morgan fingerprint density at radius 2 is 1.96 bits per heavy atom. The van der Waals surface area contributed by atoms with Crippen LogP contribution in [-0.4, -0.2) is 44.9 Å². The molecule has 0 radical (unpaired) electrons. The van der Waals surface area contributed by atoms with Gasteiger partial charge in [0.15, 0.2) is 0 Å². The van der Waals surface area contributed by atoms with Crippen LogP contribution < -0.4 is 5.73 Å². The minimum absolute atomic E-state index is 0.131. The average Bonchev–Trinajstić information content (AvgIpc) is 3.43. The Kier molecular flexibility index (Phi) is 4.68. The third-order valence-corrected chi connectivity index (χ3v) is 7.15. The highest BCUT2D eigenvalue weighted by Crippen LogP contribution is 2.49. The molecule has 1 saturated heterocycles. The SMILES string of the molecule is COC(=O)C1(c2ccc(S(=O)(=O)N3CCCCC3CN)cc2)CC1. The molecule has 1 aromatic rings. The zero-order valence-electron chi connectivity index (χ0n) is 13.9. The molecule has 0 bridgehead atoms. The van der Waals surface area contributed by atoms with E-state index in [2.05, 4.69) is 0 Å². The Bertz CT molecular complexity index is 711. The van der Waals surface area contributed by atoms with Crippen LogP contribution in [0.4, 0.5) is 0 Å². The topological polar surface area (TPSA) is 89.7 Å². The maximum absolute atomic E-state index is 12.9. The Labute approximate surface area is 143 Å². The predicted molar refractivity (Wildman–Crippen MR) is 90.0 cm³/mol. The van der Waals surface area contributed by atoms with Gasteiger partial charge in [-0.2, -0.15) is 4.31 Å². The van der Waals surface area contributed by atoms with E-state index in [4.69, 9.17) is 10.5 Å². The fraction of sp³-hybridized carbons (Fsp3) is 0.588. The number of nitrogens with two attached hydrogens (primary N) is 1. The highest BCUT2D eigenvalue weighted by molar-refractivity contribution is 7.89. The van der Waals surface area contributed by atoms with Gasteiger partial charge >= 0.3 is 5.97 Å². The number of benzene rings is 1. The van der Waals surface area contributed by atoms with E-state index in [-0.39, 0.29) is 16.9 Å². The molecule has 1 heterocycles. The van der Waals surface area contributed by atoms with E-state index < -0.39 is 15.4 Å². The minimum atomic E-state index is -3.55. The highest BCUT2D eigenvalue weighted by Gasteiger charge is 2.52. The Morgan fingerprint density at radius 3 is 2.50 bits per heavy atom. The van der Waals surface area contributed by atoms with E-state index >= 15 is 0 Å². The second-order valence-corrected chi connectivity index (χ2v) is 8.49. The van der Waals surface area contributed by atoms with E-state index in [1.54, 1.807) is 24.3 Å². The van der Waals surface area contributed by atoms with Crippen molar-refractivity contribution in [1.29, 1.82) is 0 Å². The van der Waals surface area contributed by atoms with Crippen molar-refractivity contribution in [3.63, 3.8) is 0 Å². The lowest BCUT2D eigenvalue weighted by Gasteiger charge is -2.33. The Hall–Kier alpha value is -1.44. The molecule has 7 heteroatoms. The fourth-order valence-corrected chi connectivity index (χ4v) is 5.24. The summed E-state index contributed by atoms with van der Waals surface area (Å²) in [5.74, 6) is -0.252. The van der Waals surface area contributed by atoms with Crippen molar-refractivity contribution in [1.82, 2.24) is 4.31 Å². The quantitative estimate of drug-likeness (QED) is 0.809. The summed E-state index contributed by atoms with van der Waals surface area (Å²) >= 11 is 0. The summed E-state index contributed by atoms with van der Waals surface area (Å²) in [5, 5.41) is 0. The van der Waals surface area contributed by atoms with Crippen LogP contribution in [0.3, 0.4) is 0 Å². The van der Waals surface area contributed by atoms with Crippen molar-refractivity contribution in [2.24, 2.45) is 5.73 Å². The van der Waals surface area contributed by atoms with Crippen molar-refractivity contribution in [3.05, 3.63) is 29.8 Å². The summed E-state index contributed by atoms with van der Waals surface area (Å²) in [7, 11) is -2.17. The number of nitrogens with zero attached hydrogens (tertiary/aromatic N) is 1. The fourth-order valence-electron chi connectivity index (χ4n) is 3.54. The number of carbonyl (C=O) groups is 1. The van der Waals surface area contributed by atoms with Crippen LogP contribution in [0.2, 0.25) is 0 Å². The van der Waals surface area contributed by atoms with Gasteiger partial charge in [-0.05, 0) is 43.4 Å². The zero-order chi connectivity index (χ0) is 17.4. The Morgan fingerprint density at radius 1 is 1.29 bits per heavy atom. The van der Waals surface area contributed by atoms with Gasteiger partial charge in [-0.1, -0.05) is 18.6 Å². The molecular formula is C17H24N2O4S. The molecule has 1 aliphatic heterocycles. The molecule has 1 saturated carbocycles. The molecule has 0 amide bonds. The van der Waals surface area contributed by atoms with Crippen LogP contribution in [0.15, 0.2) is 29.2 Å². The first kappa shape index (κ1) is 17.4. The van der Waals surface area contributed by atoms with Gasteiger partial charge in [-0.15, -0.1) is 0 Å². The second-order valence-electron chi connectivity index (χ2n) is 6.60. The first-order chi connectivity index (χ1) is 11.5. The van der Waals surface area contributed by atoms with E-state index in [0.29, 0.717) is 13.1 Å². The lowest BCUT2D eigenvalue weighted by molar-refractivity contribution is -0.143. The molecule has 2 N–H and O–H groups in total. The molecule has 1 atom stereocenters. The van der Waals surface area contributed by atoms with Gasteiger partial charge in [0.05, 0.1) is 17.4 Å². The summed E-state index contributed by atoms with van der Waals surface area (Å²) in [4.78, 5) is 12.2. The summed E-state index contributed by atoms with van der Waals surface area (Å²) < 4.78 is 32.2. The summed E-state index contributed by atoms with van der Waals surface area (Å²) in [6, 6.07) is 6.52. The molecule has 2 aliphatic rings. The van der Waals surface area contributed by atoms with Crippen LogP contribution in [-0.2, 0) is 25.0 Å². The number of hydrogen-bond donors (Lipinski definition) is 1. The molecule has 0 spiro atoms. The van der Waals surface area contributed by atoms with Crippen molar-refractivity contribution in [3.8, 4) is 0 Å². The van der Waals surface area contributed by atoms with Gasteiger partial charge in [0.1, 0.15) is 0 Å². The molecular weight excluding hydrogens is 328 g/mol. The number of hydrogen-bond acceptors (Lipinski definition) is 5. The highest BCUT2D eigenvalue weighted by atomic mass is 32.2. The van der Waals surface area contributed by atoms with Crippen LogP contribution in [0.5, 0.6) is 0 Å². The van der Waals surface area contributed by atoms with Crippen LogP contribution in [0, 0.1) is 0 Å². The maximum atomic E-state index is 12.9. The standard InChI is InChI=1S/C17H24N2O4S/c1-23-16(20)17(9-10-17)13-5-7-15(8-6-13)24(21,22)19-11-3-2-4-14(19)12-18/h5-8,14H,2-4,9-12,18H2,1H3. The van der Waals surface area contributed by atoms with E-state index in [1.165, 1.54) is 11.4 Å². The first-order valence-corrected chi connectivity index (χ1v) is 9.80. The number of carbonyl (C=O) groups excluding carboxylic acids is 1. The van der Waals surface area contributed by atoms with E-state index in [0.717, 1.165) is 37.7 Å². The van der Waals surface area contributed by atoms with Crippen molar-refractivity contribution < 1.29 is 17.9 Å². The first-order valence-electron chi connectivity index (χ1n) is 8.36. The van der Waals surface area contributed by atoms with Crippen LogP contribution in [0.1, 0.15) is 37.7 Å². The monoisotopic (exact) mass is 352 g/mol. The van der Waals surface area contributed by atoms with E-state index in [9.17, 15) is 13.2 Å². The number of esters is 1. The molecule has 24 heavy (non-hydrogen) atoms. The van der Waals surface area contributed by atoms with Gasteiger partial charge in [0.2, 0.25) is 10.0 Å². The molecule has 1 aromatic carbocycles. The van der Waals surface area contributed by atoms with Gasteiger partial charge in [-0.3, -0.25) is 4.79 Å². The molecule has 1 aliphatic carbocycles. The minimum Gasteiger partial charge on any atom is -0.468 e. The van der Waals surface area contributed by atoms with Crippen LogP contribution in [0.25, 0.3) is 0 Å². The zero-order valence-corrected chi connectivity index (χ0v) is 14.7. The van der Waals surface area contributed by atoms with Crippen molar-refractivity contribution in [2.45, 2.75) is 48.5 Å². The number of rotatable bonds is 5. The number of piperidine rings is 1. The lowest BCUT2D eigenvalue weighted by Crippen LogP contribution is -2.47. The third-order valence-electron chi connectivity index (χ3n) is 5.18. The number of ether oxygens (including phenoxy) is 1. The largest absolute Gasteiger partial charge is 0.468 e. The molecule has 0 aromatic heterocycles. The number of methoxy groups -OCH3 is 1. The van der Waals surface area contributed by atoms with Crippen molar-refractivity contribution >= 4 is 16.0 Å². The molecule has 6 nitrogen and oxygen atoms in total. The summed E-state index contributed by atoms with van der Waals surface area (Å²) in [6.07, 6.45) is 4.16. The Balaban J connectivity index is 1.86.